The molecule has 1 aliphatic heterocycles. The van der Waals surface area contributed by atoms with E-state index in [0.717, 1.165) is 24.1 Å². The summed E-state index contributed by atoms with van der Waals surface area (Å²) in [4.78, 5) is 0. The van der Waals surface area contributed by atoms with Gasteiger partial charge in [-0.2, -0.15) is 0 Å². The molecular weight excluding hydrogens is 639 g/mol. The number of hydrogen-bond donors (Lipinski definition) is 0. The molecule has 0 spiro atoms. The van der Waals surface area contributed by atoms with E-state index in [1.807, 2.05) is 12.1 Å². The first-order valence-corrected chi connectivity index (χ1v) is 17.7. The Labute approximate surface area is 249 Å². The number of rotatable bonds is 7. The number of benzene rings is 4. The molecule has 4 aromatic carbocycles. The van der Waals surface area contributed by atoms with Crippen LogP contribution in [0.3, 0.4) is 0 Å². The normalized spacial score (nSPS) is 12.3. The van der Waals surface area contributed by atoms with Crippen LogP contribution >= 0.6 is 37.4 Å². The van der Waals surface area contributed by atoms with Crippen LogP contribution in [0.15, 0.2) is 103 Å². The smallest absolute Gasteiger partial charge is 0.203 e. The van der Waals surface area contributed by atoms with Crippen molar-refractivity contribution in [2.45, 2.75) is 18.2 Å². The van der Waals surface area contributed by atoms with Crippen LogP contribution in [-0.2, 0) is 10.1 Å². The molecule has 0 unspecified atom stereocenters. The summed E-state index contributed by atoms with van der Waals surface area (Å²) in [5.74, 6) is 0.274. The van der Waals surface area contributed by atoms with Crippen molar-refractivity contribution in [3.8, 4) is 17.2 Å². The first-order chi connectivity index (χ1) is 19.1. The molecule has 1 saturated heterocycles. The Bertz CT molecular complexity index is 1110. The first-order valence-electron chi connectivity index (χ1n) is 12.8. The van der Waals surface area contributed by atoms with Gasteiger partial charge in [0.15, 0.2) is 11.5 Å². The minimum Gasteiger partial charge on any atom is -0.493 e. The molecule has 0 amide bonds. The molecule has 1 aliphatic rings. The van der Waals surface area contributed by atoms with E-state index in [9.17, 15) is 0 Å². The Hall–Kier alpha value is -2.37. The Balaban J connectivity index is 0.000000191. The monoisotopic (exact) mass is 673 g/mol. The van der Waals surface area contributed by atoms with Gasteiger partial charge >= 0.3 is 0 Å². The van der Waals surface area contributed by atoms with E-state index in [4.69, 9.17) is 18.9 Å². The highest BCUT2D eigenvalue weighted by molar-refractivity contribution is 9.44. The maximum Gasteiger partial charge on any atom is 0.203 e. The second-order valence-corrected chi connectivity index (χ2v) is 15.1. The molecule has 0 N–H and O–H groups in total. The summed E-state index contributed by atoms with van der Waals surface area (Å²) in [5, 5.41) is 4.79. The van der Waals surface area contributed by atoms with Crippen molar-refractivity contribution >= 4 is 53.3 Å². The first kappa shape index (κ1) is 31.2. The fourth-order valence-electron chi connectivity index (χ4n) is 4.07. The molecule has 4 nitrogen and oxygen atoms in total. The molecule has 207 valence electrons. The largest absolute Gasteiger partial charge is 0.493 e. The fraction of sp³-hybridized carbons (Fsp3) is 0.250. The van der Waals surface area contributed by atoms with Crippen molar-refractivity contribution in [2.75, 3.05) is 34.5 Å². The number of ether oxygens (including phenoxy) is 4. The average molecular weight is 675 g/mol. The molecule has 1 heterocycles. The molecule has 0 aromatic heterocycles. The standard InChI is InChI=1S/C18H15BrP.C10H13BrO3.C4H8O/c19-20(16-10-4-1-5-11-16,17-12-6-2-7-13-17)18-14-8-3-9-15-18;1-12-8-4-7(6-11)5-9(13-2)10(8)14-3;1-2-4-5-3-1/h1-15H;4-5H,6H2,1-3H3;1-4H2. The Morgan fingerprint density at radius 1 is 0.641 bits per heavy atom. The molecule has 5 rings (SSSR count). The zero-order valence-corrected chi connectivity index (χ0v) is 26.8. The molecule has 1 radical (unpaired) electrons. The average Bonchev–Trinajstić information content (AvgIpc) is 3.62. The molecule has 7 heteroatoms. The van der Waals surface area contributed by atoms with Crippen LogP contribution in [0.1, 0.15) is 18.4 Å². The molecule has 0 atom stereocenters. The van der Waals surface area contributed by atoms with Crippen LogP contribution in [0.2, 0.25) is 0 Å². The fourth-order valence-corrected chi connectivity index (χ4v) is 9.17. The summed E-state index contributed by atoms with van der Waals surface area (Å²) in [7, 11) is 4.80. The van der Waals surface area contributed by atoms with Gasteiger partial charge in [0.2, 0.25) is 5.75 Å². The van der Waals surface area contributed by atoms with Crippen molar-refractivity contribution < 1.29 is 18.9 Å². The van der Waals surface area contributed by atoms with Gasteiger partial charge in [-0.1, -0.05) is 122 Å². The maximum absolute atomic E-state index is 5.20. The number of hydrogen-bond acceptors (Lipinski definition) is 4. The van der Waals surface area contributed by atoms with E-state index in [1.54, 1.807) is 21.3 Å². The molecule has 0 aliphatic carbocycles. The van der Waals surface area contributed by atoms with Gasteiger partial charge in [0.25, 0.3) is 0 Å². The minimum absolute atomic E-state index is 0.625. The topological polar surface area (TPSA) is 36.9 Å². The van der Waals surface area contributed by atoms with Gasteiger partial charge in [0.1, 0.15) is 0 Å². The highest BCUT2D eigenvalue weighted by Gasteiger charge is 2.30. The van der Waals surface area contributed by atoms with Crippen molar-refractivity contribution in [1.82, 2.24) is 0 Å². The van der Waals surface area contributed by atoms with E-state index >= 15 is 0 Å². The summed E-state index contributed by atoms with van der Waals surface area (Å²) in [6, 6.07) is 35.9. The summed E-state index contributed by atoms with van der Waals surface area (Å²) in [5.41, 5.74) is 1.08. The van der Waals surface area contributed by atoms with Gasteiger partial charge in [-0.05, 0) is 46.5 Å². The van der Waals surface area contributed by atoms with Crippen molar-refractivity contribution in [3.63, 3.8) is 0 Å². The molecular formula is C32H36Br2O4P. The third-order valence-corrected chi connectivity index (χ3v) is 13.4. The van der Waals surface area contributed by atoms with Crippen molar-refractivity contribution in [3.05, 3.63) is 109 Å². The molecule has 0 saturated carbocycles. The molecule has 39 heavy (non-hydrogen) atoms. The third-order valence-electron chi connectivity index (χ3n) is 6.04. The van der Waals surface area contributed by atoms with Gasteiger partial charge in [-0.15, -0.1) is 0 Å². The van der Waals surface area contributed by atoms with Gasteiger partial charge in [0.05, 0.1) is 21.3 Å². The van der Waals surface area contributed by atoms with Crippen LogP contribution in [0, 0.1) is 0 Å². The Kier molecular flexibility index (Phi) is 13.3. The van der Waals surface area contributed by atoms with Gasteiger partial charge in [-0.3, -0.25) is 0 Å². The van der Waals surface area contributed by atoms with Gasteiger partial charge in [-0.25, -0.2) is 0 Å². The van der Waals surface area contributed by atoms with Crippen LogP contribution < -0.4 is 30.1 Å². The van der Waals surface area contributed by atoms with Crippen LogP contribution in [0.4, 0.5) is 0 Å². The summed E-state index contributed by atoms with van der Waals surface area (Å²) in [6.45, 7) is 2.00. The Morgan fingerprint density at radius 3 is 1.28 bits per heavy atom. The molecule has 1 fully saturated rings. The van der Waals surface area contributed by atoms with E-state index in [-0.39, 0.29) is 0 Å². The number of halogens is 2. The van der Waals surface area contributed by atoms with Crippen LogP contribution in [-0.4, -0.2) is 34.5 Å². The summed E-state index contributed by atoms with van der Waals surface area (Å²) < 4.78 is 20.5. The minimum atomic E-state index is -1.71. The zero-order chi connectivity index (χ0) is 27.9. The van der Waals surface area contributed by atoms with Crippen LogP contribution in [0.5, 0.6) is 17.2 Å². The number of methoxy groups -OCH3 is 3. The second-order valence-electron chi connectivity index (χ2n) is 8.58. The van der Waals surface area contributed by atoms with Crippen molar-refractivity contribution in [2.24, 2.45) is 0 Å². The van der Waals surface area contributed by atoms with E-state index in [0.29, 0.717) is 17.2 Å². The molecule has 0 bridgehead atoms. The lowest BCUT2D eigenvalue weighted by Crippen LogP contribution is -2.26. The Morgan fingerprint density at radius 2 is 1.03 bits per heavy atom. The highest BCUT2D eigenvalue weighted by atomic mass is 79.9. The van der Waals surface area contributed by atoms with E-state index in [2.05, 4.69) is 122 Å². The lowest BCUT2D eigenvalue weighted by molar-refractivity contribution is 0.198. The van der Waals surface area contributed by atoms with Gasteiger partial charge in [0, 0.05) is 24.5 Å². The quantitative estimate of drug-likeness (QED) is 0.149. The third kappa shape index (κ3) is 8.56. The molecule has 4 aromatic rings. The summed E-state index contributed by atoms with van der Waals surface area (Å²) >= 11 is 7.50. The predicted molar refractivity (Wildman–Crippen MR) is 173 cm³/mol. The lowest BCUT2D eigenvalue weighted by Gasteiger charge is -2.31. The predicted octanol–water partition coefficient (Wildman–Crippen LogP) is 7.69. The van der Waals surface area contributed by atoms with Gasteiger partial charge < -0.3 is 18.9 Å². The maximum atomic E-state index is 5.20. The SMILES string of the molecule is Br[P](c1ccccc1)(c1ccccc1)c1ccccc1.C1CCOC1.COc1cc(CBr)cc(OC)c1OC. The summed E-state index contributed by atoms with van der Waals surface area (Å²) in [6.07, 6.45) is 2.56. The van der Waals surface area contributed by atoms with Crippen LogP contribution in [0.25, 0.3) is 0 Å². The van der Waals surface area contributed by atoms with Crippen molar-refractivity contribution in [1.29, 1.82) is 0 Å². The highest BCUT2D eigenvalue weighted by Crippen LogP contribution is 2.62. The second kappa shape index (κ2) is 16.7. The zero-order valence-electron chi connectivity index (χ0n) is 22.7. The van der Waals surface area contributed by atoms with E-state index in [1.165, 1.54) is 28.8 Å². The number of alkyl halides is 1. The van der Waals surface area contributed by atoms with E-state index < -0.39 is 5.96 Å². The lowest BCUT2D eigenvalue weighted by atomic mass is 10.2.